The van der Waals surface area contributed by atoms with Crippen molar-refractivity contribution in [2.75, 3.05) is 7.11 Å². The summed E-state index contributed by atoms with van der Waals surface area (Å²) in [5.41, 5.74) is 1.49. The second-order valence-corrected chi connectivity index (χ2v) is 6.26. The van der Waals surface area contributed by atoms with Crippen LogP contribution in [0.3, 0.4) is 0 Å². The van der Waals surface area contributed by atoms with Crippen LogP contribution < -0.4 is 10.6 Å². The summed E-state index contributed by atoms with van der Waals surface area (Å²) in [7, 11) is 1.36. The highest BCUT2D eigenvalue weighted by Gasteiger charge is 2.42. The zero-order valence-electron chi connectivity index (χ0n) is 13.0. The maximum absolute atomic E-state index is 12.4. The number of hydrogen-bond acceptors (Lipinski definition) is 4. The van der Waals surface area contributed by atoms with Crippen LogP contribution in [0.15, 0.2) is 24.3 Å². The molecule has 2 aliphatic rings. The SMILES string of the molecule is COC(=O)c1ccc([C@H](C)NC(=O)[C@@H]2N[C@H]3CC[C@@H]2C3)cc1. The van der Waals surface area contributed by atoms with Crippen LogP contribution in [0.1, 0.15) is 48.1 Å². The maximum Gasteiger partial charge on any atom is 0.337 e. The van der Waals surface area contributed by atoms with Crippen molar-refractivity contribution in [3.63, 3.8) is 0 Å². The number of carbonyl (C=O) groups is 2. The van der Waals surface area contributed by atoms with Crippen molar-refractivity contribution in [3.8, 4) is 0 Å². The second-order valence-electron chi connectivity index (χ2n) is 6.26. The van der Waals surface area contributed by atoms with Crippen LogP contribution in [0.2, 0.25) is 0 Å². The number of hydrogen-bond donors (Lipinski definition) is 2. The second kappa shape index (κ2) is 6.08. The van der Waals surface area contributed by atoms with E-state index >= 15 is 0 Å². The number of fused-ring (bicyclic) bond motifs is 2. The van der Waals surface area contributed by atoms with E-state index in [-0.39, 0.29) is 24.0 Å². The molecule has 0 radical (unpaired) electrons. The van der Waals surface area contributed by atoms with Crippen molar-refractivity contribution in [1.82, 2.24) is 10.6 Å². The molecule has 0 aromatic heterocycles. The molecule has 5 nitrogen and oxygen atoms in total. The molecule has 1 saturated carbocycles. The fraction of sp³-hybridized carbons (Fsp3) is 0.529. The van der Waals surface area contributed by atoms with E-state index in [1.54, 1.807) is 12.1 Å². The van der Waals surface area contributed by atoms with Gasteiger partial charge in [0, 0.05) is 6.04 Å². The van der Waals surface area contributed by atoms with Gasteiger partial charge in [0.25, 0.3) is 0 Å². The normalized spacial score (nSPS) is 27.5. The number of carbonyl (C=O) groups excluding carboxylic acids is 2. The highest BCUT2D eigenvalue weighted by Crippen LogP contribution is 2.35. The van der Waals surface area contributed by atoms with E-state index < -0.39 is 0 Å². The van der Waals surface area contributed by atoms with E-state index in [1.165, 1.54) is 13.5 Å². The molecule has 3 rings (SSSR count). The lowest BCUT2D eigenvalue weighted by molar-refractivity contribution is -0.124. The number of methoxy groups -OCH3 is 1. The smallest absolute Gasteiger partial charge is 0.337 e. The van der Waals surface area contributed by atoms with Gasteiger partial charge in [0.2, 0.25) is 5.91 Å². The van der Waals surface area contributed by atoms with Crippen molar-refractivity contribution in [2.45, 2.75) is 44.3 Å². The lowest BCUT2D eigenvalue weighted by Gasteiger charge is -2.24. The molecule has 5 heteroatoms. The van der Waals surface area contributed by atoms with E-state index in [1.807, 2.05) is 19.1 Å². The Morgan fingerprint density at radius 1 is 1.27 bits per heavy atom. The fourth-order valence-electron chi connectivity index (χ4n) is 3.56. The number of nitrogens with one attached hydrogen (secondary N) is 2. The van der Waals surface area contributed by atoms with Crippen molar-refractivity contribution >= 4 is 11.9 Å². The molecule has 1 aromatic carbocycles. The summed E-state index contributed by atoms with van der Waals surface area (Å²) < 4.78 is 4.68. The Morgan fingerprint density at radius 3 is 2.55 bits per heavy atom. The summed E-state index contributed by atoms with van der Waals surface area (Å²) in [6, 6.07) is 7.54. The van der Waals surface area contributed by atoms with Gasteiger partial charge in [-0.1, -0.05) is 12.1 Å². The van der Waals surface area contributed by atoms with Gasteiger partial charge >= 0.3 is 5.97 Å². The van der Waals surface area contributed by atoms with Gasteiger partial charge in [-0.15, -0.1) is 0 Å². The molecule has 1 aliphatic heterocycles. The summed E-state index contributed by atoms with van der Waals surface area (Å²) in [4.78, 5) is 23.8. The van der Waals surface area contributed by atoms with E-state index in [0.717, 1.165) is 18.4 Å². The third-order valence-corrected chi connectivity index (χ3v) is 4.83. The lowest BCUT2D eigenvalue weighted by atomic mass is 9.98. The minimum Gasteiger partial charge on any atom is -0.465 e. The summed E-state index contributed by atoms with van der Waals surface area (Å²) in [5, 5.41) is 6.47. The number of ether oxygens (including phenoxy) is 1. The molecule has 1 aromatic rings. The van der Waals surface area contributed by atoms with Crippen molar-refractivity contribution in [1.29, 1.82) is 0 Å². The van der Waals surface area contributed by atoms with Gasteiger partial charge in [0.05, 0.1) is 24.8 Å². The van der Waals surface area contributed by atoms with Crippen LogP contribution in [0.25, 0.3) is 0 Å². The number of esters is 1. The average molecular weight is 302 g/mol. The van der Waals surface area contributed by atoms with Crippen molar-refractivity contribution in [2.24, 2.45) is 5.92 Å². The highest BCUT2D eigenvalue weighted by molar-refractivity contribution is 5.89. The zero-order valence-corrected chi connectivity index (χ0v) is 13.0. The number of benzene rings is 1. The molecule has 22 heavy (non-hydrogen) atoms. The van der Waals surface area contributed by atoms with Gasteiger partial charge in [0.15, 0.2) is 0 Å². The van der Waals surface area contributed by atoms with Crippen molar-refractivity contribution < 1.29 is 14.3 Å². The van der Waals surface area contributed by atoms with Gasteiger partial charge < -0.3 is 15.4 Å². The molecule has 2 N–H and O–H groups in total. The summed E-state index contributed by atoms with van der Waals surface area (Å²) in [6.45, 7) is 1.96. The first kappa shape index (κ1) is 15.0. The minimum atomic E-state index is -0.352. The maximum atomic E-state index is 12.4. The summed E-state index contributed by atoms with van der Waals surface area (Å²) >= 11 is 0. The molecule has 1 amide bonds. The first-order chi connectivity index (χ1) is 10.6. The van der Waals surface area contributed by atoms with E-state index in [0.29, 0.717) is 17.5 Å². The van der Waals surface area contributed by atoms with Crippen molar-refractivity contribution in [3.05, 3.63) is 35.4 Å². The lowest BCUT2D eigenvalue weighted by Crippen LogP contribution is -2.48. The molecule has 1 saturated heterocycles. The molecule has 2 bridgehead atoms. The van der Waals surface area contributed by atoms with Gasteiger partial charge in [0.1, 0.15) is 0 Å². The molecule has 4 atom stereocenters. The average Bonchev–Trinajstić information content (AvgIpc) is 3.17. The largest absolute Gasteiger partial charge is 0.465 e. The van der Waals surface area contributed by atoms with Crippen LogP contribution >= 0.6 is 0 Å². The third kappa shape index (κ3) is 2.86. The van der Waals surface area contributed by atoms with Gasteiger partial charge in [-0.2, -0.15) is 0 Å². The van der Waals surface area contributed by atoms with Gasteiger partial charge in [-0.3, -0.25) is 4.79 Å². The predicted molar refractivity (Wildman–Crippen MR) is 82.4 cm³/mol. The topological polar surface area (TPSA) is 67.4 Å². The van der Waals surface area contributed by atoms with Gasteiger partial charge in [-0.05, 0) is 49.8 Å². The molecule has 0 unspecified atom stereocenters. The van der Waals surface area contributed by atoms with E-state index in [9.17, 15) is 9.59 Å². The van der Waals surface area contributed by atoms with Crippen LogP contribution in [-0.2, 0) is 9.53 Å². The van der Waals surface area contributed by atoms with E-state index in [2.05, 4.69) is 15.4 Å². The number of piperidine rings is 1. The van der Waals surface area contributed by atoms with Gasteiger partial charge in [-0.25, -0.2) is 4.79 Å². The summed E-state index contributed by atoms with van der Waals surface area (Å²) in [5.74, 6) is 0.213. The quantitative estimate of drug-likeness (QED) is 0.832. The molecule has 1 aliphatic carbocycles. The number of amides is 1. The molecule has 2 fully saturated rings. The van der Waals surface area contributed by atoms with E-state index in [4.69, 9.17) is 0 Å². The third-order valence-electron chi connectivity index (χ3n) is 4.83. The number of rotatable bonds is 4. The Kier molecular flexibility index (Phi) is 4.16. The fourth-order valence-corrected chi connectivity index (χ4v) is 3.56. The van der Waals surface area contributed by atoms with Crippen LogP contribution in [0.4, 0.5) is 0 Å². The Hall–Kier alpha value is -1.88. The Balaban J connectivity index is 1.60. The molecular formula is C17H22N2O3. The Labute approximate surface area is 130 Å². The molecule has 0 spiro atoms. The zero-order chi connectivity index (χ0) is 15.7. The highest BCUT2D eigenvalue weighted by atomic mass is 16.5. The minimum absolute atomic E-state index is 0.0458. The Morgan fingerprint density at radius 2 is 2.00 bits per heavy atom. The summed E-state index contributed by atoms with van der Waals surface area (Å²) in [6.07, 6.45) is 3.47. The first-order valence-electron chi connectivity index (χ1n) is 7.83. The van der Waals surface area contributed by atoms with Crippen LogP contribution in [0, 0.1) is 5.92 Å². The predicted octanol–water partition coefficient (Wildman–Crippen LogP) is 1.79. The van der Waals surface area contributed by atoms with Crippen LogP contribution in [0.5, 0.6) is 0 Å². The Bertz CT molecular complexity index is 570. The molecule has 118 valence electrons. The first-order valence-corrected chi connectivity index (χ1v) is 7.83. The monoisotopic (exact) mass is 302 g/mol. The van der Waals surface area contributed by atoms with Crippen LogP contribution in [-0.4, -0.2) is 31.1 Å². The molecular weight excluding hydrogens is 280 g/mol. The molecule has 1 heterocycles. The standard InChI is InChI=1S/C17H22N2O3/c1-10(11-3-5-12(6-4-11)17(21)22-2)18-16(20)15-13-7-8-14(9-13)19-15/h3-6,10,13-15,19H,7-9H2,1-2H3,(H,18,20)/t10-,13+,14-,15+/m0/s1.